The normalized spacial score (nSPS) is 13.5. The molecule has 2 aromatic carbocycles. The van der Waals surface area contributed by atoms with Gasteiger partial charge in [0.2, 0.25) is 11.8 Å². The van der Waals surface area contributed by atoms with Crippen molar-refractivity contribution in [1.29, 1.82) is 0 Å². The fourth-order valence-corrected chi connectivity index (χ4v) is 3.66. The van der Waals surface area contributed by atoms with E-state index in [0.717, 1.165) is 5.56 Å². The minimum atomic E-state index is -1.44. The van der Waals surface area contributed by atoms with Crippen LogP contribution in [0, 0.1) is 5.92 Å². The molecule has 0 aliphatic rings. The highest BCUT2D eigenvalue weighted by Gasteiger charge is 2.25. The van der Waals surface area contributed by atoms with Gasteiger partial charge in [0.05, 0.1) is 18.6 Å². The van der Waals surface area contributed by atoms with E-state index < -0.39 is 53.6 Å². The summed E-state index contributed by atoms with van der Waals surface area (Å²) in [4.78, 5) is 62.2. The maximum Gasteiger partial charge on any atom is 0.278 e. The Hall–Kier alpha value is -4.59. The molecule has 2 rings (SSSR count). The second-order valence-corrected chi connectivity index (χ2v) is 9.51. The Labute approximate surface area is 244 Å². The number of amides is 4. The van der Waals surface area contributed by atoms with Crippen LogP contribution in [-0.2, 0) is 30.4 Å². The van der Waals surface area contributed by atoms with E-state index in [2.05, 4.69) is 27.0 Å². The zero-order valence-electron chi connectivity index (χ0n) is 23.9. The van der Waals surface area contributed by atoms with Gasteiger partial charge in [-0.15, -0.1) is 0 Å². The first-order valence-electron chi connectivity index (χ1n) is 13.0. The van der Waals surface area contributed by atoms with Crippen LogP contribution in [0.5, 0.6) is 0 Å². The molecule has 0 aliphatic carbocycles. The number of nitrogens with one attached hydrogen (secondary N) is 4. The lowest BCUT2D eigenvalue weighted by molar-refractivity contribution is -0.403. The van der Waals surface area contributed by atoms with Crippen molar-refractivity contribution in [3.05, 3.63) is 77.5 Å². The summed E-state index contributed by atoms with van der Waals surface area (Å²) in [6.45, 7) is 4.49. The van der Waals surface area contributed by atoms with Crippen molar-refractivity contribution < 1.29 is 45.8 Å². The van der Waals surface area contributed by atoms with E-state index in [1.807, 2.05) is 30.3 Å². The lowest BCUT2D eigenvalue weighted by Gasteiger charge is -2.26. The first-order chi connectivity index (χ1) is 19.0. The molecule has 0 fully saturated rings. The third-order valence-corrected chi connectivity index (χ3v) is 6.26. The number of hydrogen-bond acceptors (Lipinski definition) is 6. The molecule has 13 heteroatoms. The number of carboxylic acid groups (broad SMARTS) is 1. The number of hydrogen-bond donors (Lipinski definition) is 5. The molecule has 4 amide bonds. The number of carbonyl (C=O) groups excluding carboxylic acids is 5. The number of benzene rings is 2. The monoisotopic (exact) mass is 587 g/mol. The summed E-state index contributed by atoms with van der Waals surface area (Å²) in [5.74, 6) is -4.42. The van der Waals surface area contributed by atoms with Crippen LogP contribution in [0.15, 0.2) is 66.4 Å². The number of carboxylic acids is 1. The van der Waals surface area contributed by atoms with Gasteiger partial charge in [-0.25, -0.2) is 0 Å². The van der Waals surface area contributed by atoms with Crippen molar-refractivity contribution in [2.75, 3.05) is 6.54 Å². The van der Waals surface area contributed by atoms with Gasteiger partial charge < -0.3 is 47.9 Å². The molecule has 11 N–H and O–H groups in total. The van der Waals surface area contributed by atoms with Crippen LogP contribution in [0.3, 0.4) is 0 Å². The Morgan fingerprint density at radius 1 is 0.881 bits per heavy atom. The highest BCUT2D eigenvalue weighted by Crippen LogP contribution is 2.10. The SMILES string of the molecule is CC[C@H](C)[C@H](NC(=O)/C(=C/c1ccccc1)NC(=O)[C@H](C)NC(=O)CNC(=O)[C@@H]([NH3+])Cc1ccccc1)C(=O)[O-].O.O. The summed E-state index contributed by atoms with van der Waals surface area (Å²) < 4.78 is 0. The molecule has 0 saturated heterocycles. The molecule has 4 atom stereocenters. The van der Waals surface area contributed by atoms with E-state index in [0.29, 0.717) is 18.4 Å². The molecular weight excluding hydrogens is 546 g/mol. The van der Waals surface area contributed by atoms with Gasteiger partial charge in [-0.05, 0) is 30.0 Å². The molecule has 0 radical (unpaired) electrons. The van der Waals surface area contributed by atoms with Crippen molar-refractivity contribution in [2.24, 2.45) is 5.92 Å². The summed E-state index contributed by atoms with van der Waals surface area (Å²) >= 11 is 0. The van der Waals surface area contributed by atoms with Gasteiger partial charge in [0.1, 0.15) is 11.7 Å². The summed E-state index contributed by atoms with van der Waals surface area (Å²) in [6.07, 6.45) is 2.28. The van der Waals surface area contributed by atoms with E-state index in [1.165, 1.54) is 13.0 Å². The van der Waals surface area contributed by atoms with E-state index in [9.17, 15) is 29.1 Å². The van der Waals surface area contributed by atoms with Crippen molar-refractivity contribution in [2.45, 2.75) is 51.7 Å². The van der Waals surface area contributed by atoms with E-state index in [4.69, 9.17) is 0 Å². The second kappa shape index (κ2) is 18.7. The maximum atomic E-state index is 13.0. The maximum absolute atomic E-state index is 13.0. The Balaban J connectivity index is 0.00000840. The van der Waals surface area contributed by atoms with Crippen LogP contribution in [0.4, 0.5) is 0 Å². The first-order valence-corrected chi connectivity index (χ1v) is 13.0. The third kappa shape index (κ3) is 12.3. The van der Waals surface area contributed by atoms with Crippen LogP contribution in [0.25, 0.3) is 6.08 Å². The molecule has 2 aromatic rings. The van der Waals surface area contributed by atoms with Crippen molar-refractivity contribution >= 4 is 35.7 Å². The summed E-state index contributed by atoms with van der Waals surface area (Å²) in [6, 6.07) is 15.0. The zero-order chi connectivity index (χ0) is 29.7. The van der Waals surface area contributed by atoms with Crippen molar-refractivity contribution in [3.8, 4) is 0 Å². The van der Waals surface area contributed by atoms with Gasteiger partial charge in [0.25, 0.3) is 11.8 Å². The molecular formula is C29H41N5O8. The molecule has 0 saturated carbocycles. The Morgan fingerprint density at radius 3 is 2.00 bits per heavy atom. The molecule has 230 valence electrons. The lowest BCUT2D eigenvalue weighted by atomic mass is 9.99. The molecule has 42 heavy (non-hydrogen) atoms. The topological polar surface area (TPSA) is 247 Å². The minimum Gasteiger partial charge on any atom is -0.548 e. The largest absolute Gasteiger partial charge is 0.548 e. The summed E-state index contributed by atoms with van der Waals surface area (Å²) in [7, 11) is 0. The summed E-state index contributed by atoms with van der Waals surface area (Å²) in [5.41, 5.74) is 5.15. The Kier molecular flexibility index (Phi) is 16.7. The predicted molar refractivity (Wildman–Crippen MR) is 154 cm³/mol. The number of quaternary nitrogens is 1. The van der Waals surface area contributed by atoms with Gasteiger partial charge in [-0.3, -0.25) is 19.2 Å². The smallest absolute Gasteiger partial charge is 0.278 e. The quantitative estimate of drug-likeness (QED) is 0.146. The Morgan fingerprint density at radius 2 is 1.45 bits per heavy atom. The van der Waals surface area contributed by atoms with Gasteiger partial charge in [0.15, 0.2) is 6.04 Å². The van der Waals surface area contributed by atoms with Gasteiger partial charge in [0, 0.05) is 6.42 Å². The molecule has 0 aliphatic heterocycles. The Bertz CT molecular complexity index is 1210. The highest BCUT2D eigenvalue weighted by atomic mass is 16.4. The van der Waals surface area contributed by atoms with Crippen LogP contribution in [0.1, 0.15) is 38.3 Å². The molecule has 0 heterocycles. The molecule has 0 bridgehead atoms. The molecule has 13 nitrogen and oxygen atoms in total. The minimum absolute atomic E-state index is 0. The molecule has 0 unspecified atom stereocenters. The van der Waals surface area contributed by atoms with Crippen LogP contribution in [0.2, 0.25) is 0 Å². The van der Waals surface area contributed by atoms with Gasteiger partial charge >= 0.3 is 0 Å². The number of rotatable bonds is 14. The van der Waals surface area contributed by atoms with E-state index in [-0.39, 0.29) is 23.2 Å². The standard InChI is InChI=1S/C29H37N5O6.2H2O/c1-4-18(2)25(29(39)40)34-28(38)23(16-21-13-9-6-10-14-21)33-26(36)19(3)32-24(35)17-31-27(37)22(30)15-20-11-7-5-8-12-20;;/h5-14,16,18-19,22,25H,4,15,17,30H2,1-3H3,(H,31,37)(H,32,35)(H,33,36)(H,34,38)(H,39,40);2*1H2/b23-16-;;/t18-,19-,22-,25-;;/m0../s1. The fraction of sp³-hybridized carbons (Fsp3) is 0.345. The summed E-state index contributed by atoms with van der Waals surface area (Å²) in [5, 5.41) is 21.4. The zero-order valence-corrected chi connectivity index (χ0v) is 23.9. The van der Waals surface area contributed by atoms with Crippen LogP contribution in [-0.4, -0.2) is 65.2 Å². The molecule has 0 aromatic heterocycles. The van der Waals surface area contributed by atoms with Crippen molar-refractivity contribution in [1.82, 2.24) is 21.3 Å². The van der Waals surface area contributed by atoms with Crippen LogP contribution < -0.4 is 32.1 Å². The van der Waals surface area contributed by atoms with Gasteiger partial charge in [-0.1, -0.05) is 80.9 Å². The van der Waals surface area contributed by atoms with E-state index >= 15 is 0 Å². The number of carbonyl (C=O) groups is 5. The van der Waals surface area contributed by atoms with E-state index in [1.54, 1.807) is 44.2 Å². The number of aliphatic carboxylic acids is 1. The predicted octanol–water partition coefficient (Wildman–Crippen LogP) is -2.75. The highest BCUT2D eigenvalue weighted by molar-refractivity contribution is 6.03. The van der Waals surface area contributed by atoms with Gasteiger partial charge in [-0.2, -0.15) is 0 Å². The second-order valence-electron chi connectivity index (χ2n) is 9.51. The van der Waals surface area contributed by atoms with Crippen LogP contribution >= 0.6 is 0 Å². The average Bonchev–Trinajstić information content (AvgIpc) is 2.94. The lowest BCUT2D eigenvalue weighted by Crippen LogP contribution is -2.68. The average molecular weight is 588 g/mol. The first kappa shape index (κ1) is 37.4. The third-order valence-electron chi connectivity index (χ3n) is 6.26. The molecule has 0 spiro atoms. The fourth-order valence-electron chi connectivity index (χ4n) is 3.66. The van der Waals surface area contributed by atoms with Crippen molar-refractivity contribution in [3.63, 3.8) is 0 Å².